The van der Waals surface area contributed by atoms with E-state index in [1.807, 2.05) is 24.0 Å². The molecule has 0 saturated carbocycles. The number of aryl methyl sites for hydroxylation is 1. The molecule has 1 aliphatic rings. The summed E-state index contributed by atoms with van der Waals surface area (Å²) in [4.78, 5) is 21.7. The number of nitrogens with two attached hydrogens (primary N) is 1. The summed E-state index contributed by atoms with van der Waals surface area (Å²) in [5, 5.41) is 12.4. The van der Waals surface area contributed by atoms with Crippen molar-refractivity contribution in [3.63, 3.8) is 0 Å². The Hall–Kier alpha value is -2.83. The second-order valence-electron chi connectivity index (χ2n) is 6.43. The molecule has 0 aliphatic carbocycles. The number of carbonyl (C=O) groups is 1. The minimum Gasteiger partial charge on any atom is -0.481 e. The highest BCUT2D eigenvalue weighted by atomic mass is 16.4. The van der Waals surface area contributed by atoms with Crippen molar-refractivity contribution in [1.29, 1.82) is 0 Å². The van der Waals surface area contributed by atoms with Gasteiger partial charge >= 0.3 is 5.97 Å². The van der Waals surface area contributed by atoms with Crippen LogP contribution in [-0.2, 0) is 4.79 Å². The molecule has 0 amide bonds. The molecule has 7 heteroatoms. The van der Waals surface area contributed by atoms with Gasteiger partial charge in [0.05, 0.1) is 5.92 Å². The normalized spacial score (nSPS) is 15.2. The minimum absolute atomic E-state index is 0.285. The van der Waals surface area contributed by atoms with Crippen LogP contribution in [0.3, 0.4) is 0 Å². The molecule has 0 radical (unpaired) electrons. The quantitative estimate of drug-likeness (QED) is 0.785. The summed E-state index contributed by atoms with van der Waals surface area (Å²) in [7, 11) is 0. The van der Waals surface area contributed by atoms with Crippen LogP contribution < -0.4 is 16.0 Å². The van der Waals surface area contributed by atoms with Gasteiger partial charge in [-0.1, -0.05) is 12.1 Å². The zero-order chi connectivity index (χ0) is 18.0. The molecule has 1 saturated heterocycles. The molecule has 7 nitrogen and oxygen atoms in total. The molecule has 1 aromatic heterocycles. The largest absolute Gasteiger partial charge is 0.481 e. The van der Waals surface area contributed by atoms with Crippen molar-refractivity contribution in [2.75, 3.05) is 29.0 Å². The van der Waals surface area contributed by atoms with Gasteiger partial charge in [0, 0.05) is 18.8 Å². The van der Waals surface area contributed by atoms with Crippen LogP contribution in [0.5, 0.6) is 0 Å². The van der Waals surface area contributed by atoms with E-state index in [0.717, 1.165) is 11.3 Å². The van der Waals surface area contributed by atoms with Crippen LogP contribution in [0.25, 0.3) is 0 Å². The number of nitrogen functional groups attached to an aromatic ring is 1. The second kappa shape index (κ2) is 6.96. The molecule has 1 aromatic carbocycles. The Morgan fingerprint density at radius 2 is 2.00 bits per heavy atom. The molecule has 132 valence electrons. The van der Waals surface area contributed by atoms with Gasteiger partial charge in [0.1, 0.15) is 12.0 Å². The van der Waals surface area contributed by atoms with E-state index < -0.39 is 5.97 Å². The Balaban J connectivity index is 1.81. The summed E-state index contributed by atoms with van der Waals surface area (Å²) in [5.74, 6) is 0.213. The van der Waals surface area contributed by atoms with Gasteiger partial charge in [0.2, 0.25) is 0 Å². The average molecular weight is 341 g/mol. The zero-order valence-electron chi connectivity index (χ0n) is 14.5. The Morgan fingerprint density at radius 3 is 2.68 bits per heavy atom. The van der Waals surface area contributed by atoms with Crippen LogP contribution in [0.2, 0.25) is 0 Å². The van der Waals surface area contributed by atoms with Crippen LogP contribution in [0, 0.1) is 19.8 Å². The van der Waals surface area contributed by atoms with Gasteiger partial charge in [0.15, 0.2) is 11.6 Å². The molecule has 0 atom stereocenters. The maximum Gasteiger partial charge on any atom is 0.306 e. The Bertz CT molecular complexity index is 785. The number of aliphatic carboxylic acids is 1. The predicted octanol–water partition coefficient (Wildman–Crippen LogP) is 2.72. The van der Waals surface area contributed by atoms with Gasteiger partial charge < -0.3 is 21.1 Å². The van der Waals surface area contributed by atoms with Crippen LogP contribution >= 0.6 is 0 Å². The van der Waals surface area contributed by atoms with Gasteiger partial charge in [0.25, 0.3) is 0 Å². The number of anilines is 4. The number of carboxylic acid groups (broad SMARTS) is 1. The first-order valence-corrected chi connectivity index (χ1v) is 8.39. The van der Waals surface area contributed by atoms with E-state index in [4.69, 9.17) is 10.8 Å². The van der Waals surface area contributed by atoms with E-state index in [2.05, 4.69) is 28.3 Å². The third-order valence-corrected chi connectivity index (χ3v) is 4.86. The molecule has 25 heavy (non-hydrogen) atoms. The summed E-state index contributed by atoms with van der Waals surface area (Å²) in [6, 6.07) is 6.03. The molecule has 1 fully saturated rings. The van der Waals surface area contributed by atoms with Gasteiger partial charge in [-0.3, -0.25) is 4.79 Å². The molecular formula is C18H23N5O2. The van der Waals surface area contributed by atoms with Gasteiger partial charge in [-0.2, -0.15) is 0 Å². The highest BCUT2D eigenvalue weighted by Gasteiger charge is 2.26. The number of nitrogens with one attached hydrogen (secondary N) is 1. The lowest BCUT2D eigenvalue weighted by molar-refractivity contribution is -0.142. The first-order chi connectivity index (χ1) is 12.0. The molecular weight excluding hydrogens is 318 g/mol. The summed E-state index contributed by atoms with van der Waals surface area (Å²) in [6.45, 7) is 5.36. The van der Waals surface area contributed by atoms with Crippen molar-refractivity contribution in [3.8, 4) is 0 Å². The smallest absolute Gasteiger partial charge is 0.306 e. The zero-order valence-corrected chi connectivity index (χ0v) is 14.5. The Morgan fingerprint density at radius 1 is 1.28 bits per heavy atom. The lowest BCUT2D eigenvalue weighted by atomic mass is 9.97. The third-order valence-electron chi connectivity index (χ3n) is 4.86. The first kappa shape index (κ1) is 17.0. The SMILES string of the molecule is Cc1cccc(Nc2ncnc(N3CCC(C(=O)O)CC3)c2N)c1C. The topological polar surface area (TPSA) is 104 Å². The third kappa shape index (κ3) is 3.50. The summed E-state index contributed by atoms with van der Waals surface area (Å²) < 4.78 is 0. The molecule has 2 heterocycles. The maximum atomic E-state index is 11.1. The number of hydrogen-bond acceptors (Lipinski definition) is 6. The van der Waals surface area contributed by atoms with Crippen molar-refractivity contribution in [2.45, 2.75) is 26.7 Å². The van der Waals surface area contributed by atoms with E-state index in [9.17, 15) is 4.79 Å². The van der Waals surface area contributed by atoms with E-state index in [-0.39, 0.29) is 5.92 Å². The van der Waals surface area contributed by atoms with Crippen LogP contribution in [0.1, 0.15) is 24.0 Å². The summed E-state index contributed by atoms with van der Waals surface area (Å²) >= 11 is 0. The molecule has 0 unspecified atom stereocenters. The van der Waals surface area contributed by atoms with Crippen LogP contribution in [-0.4, -0.2) is 34.1 Å². The number of rotatable bonds is 4. The minimum atomic E-state index is -0.729. The molecule has 0 bridgehead atoms. The van der Waals surface area contributed by atoms with Crippen LogP contribution in [0.15, 0.2) is 24.5 Å². The summed E-state index contributed by atoms with van der Waals surface area (Å²) in [6.07, 6.45) is 2.68. The maximum absolute atomic E-state index is 11.1. The standard InChI is InChI=1S/C18H23N5O2/c1-11-4-3-5-14(12(11)2)22-16-15(19)17(21-10-20-16)23-8-6-13(7-9-23)18(24)25/h3-5,10,13H,6-9,19H2,1-2H3,(H,24,25)(H,20,21,22). The van der Waals surface area contributed by atoms with Gasteiger partial charge in [-0.05, 0) is 43.9 Å². The summed E-state index contributed by atoms with van der Waals surface area (Å²) in [5.41, 5.74) is 10.1. The van der Waals surface area contributed by atoms with Gasteiger partial charge in [-0.25, -0.2) is 9.97 Å². The van der Waals surface area contributed by atoms with E-state index in [1.165, 1.54) is 11.9 Å². The fraction of sp³-hybridized carbons (Fsp3) is 0.389. The van der Waals surface area contributed by atoms with Gasteiger partial charge in [-0.15, -0.1) is 0 Å². The Kier molecular flexibility index (Phi) is 4.74. The molecule has 1 aliphatic heterocycles. The fourth-order valence-corrected chi connectivity index (χ4v) is 3.09. The second-order valence-corrected chi connectivity index (χ2v) is 6.43. The van der Waals surface area contributed by atoms with Crippen LogP contribution in [0.4, 0.5) is 23.0 Å². The van der Waals surface area contributed by atoms with Crippen molar-refractivity contribution in [1.82, 2.24) is 9.97 Å². The van der Waals surface area contributed by atoms with E-state index >= 15 is 0 Å². The molecule has 4 N–H and O–H groups in total. The van der Waals surface area contributed by atoms with Crippen molar-refractivity contribution in [2.24, 2.45) is 5.92 Å². The van der Waals surface area contributed by atoms with Crippen molar-refractivity contribution in [3.05, 3.63) is 35.7 Å². The number of hydrogen-bond donors (Lipinski definition) is 3. The molecule has 2 aromatic rings. The number of benzene rings is 1. The van der Waals surface area contributed by atoms with Crippen molar-refractivity contribution < 1.29 is 9.90 Å². The van der Waals surface area contributed by atoms with Crippen molar-refractivity contribution >= 4 is 29.0 Å². The monoisotopic (exact) mass is 341 g/mol. The highest BCUT2D eigenvalue weighted by Crippen LogP contribution is 2.32. The number of piperidine rings is 1. The average Bonchev–Trinajstić information content (AvgIpc) is 2.61. The Labute approximate surface area is 146 Å². The predicted molar refractivity (Wildman–Crippen MR) is 98.2 cm³/mol. The number of nitrogens with zero attached hydrogens (tertiary/aromatic N) is 3. The highest BCUT2D eigenvalue weighted by molar-refractivity contribution is 5.79. The molecule has 0 spiro atoms. The van der Waals surface area contributed by atoms with E-state index in [1.54, 1.807) is 0 Å². The van der Waals surface area contributed by atoms with E-state index in [0.29, 0.717) is 43.3 Å². The lowest BCUT2D eigenvalue weighted by Crippen LogP contribution is -2.37. The number of aromatic nitrogens is 2. The number of carboxylic acids is 1. The molecule has 3 rings (SSSR count). The lowest BCUT2D eigenvalue weighted by Gasteiger charge is -2.31. The first-order valence-electron chi connectivity index (χ1n) is 8.39. The fourth-order valence-electron chi connectivity index (χ4n) is 3.09.